The monoisotopic (exact) mass is 248 g/mol. The van der Waals surface area contributed by atoms with Crippen molar-refractivity contribution in [2.75, 3.05) is 19.4 Å². The molecule has 0 spiro atoms. The van der Waals surface area contributed by atoms with Crippen LogP contribution in [0.1, 0.15) is 38.2 Å². The van der Waals surface area contributed by atoms with Gasteiger partial charge in [-0.2, -0.15) is 0 Å². The molecule has 0 amide bonds. The predicted molar refractivity (Wildman–Crippen MR) is 75.7 cm³/mol. The summed E-state index contributed by atoms with van der Waals surface area (Å²) in [5.74, 6) is 0.854. The first-order valence-corrected chi connectivity index (χ1v) is 6.86. The number of methoxy groups -OCH3 is 1. The lowest BCUT2D eigenvalue weighted by atomic mass is 10.1. The van der Waals surface area contributed by atoms with Gasteiger partial charge >= 0.3 is 0 Å². The lowest BCUT2D eigenvalue weighted by Gasteiger charge is -2.27. The van der Waals surface area contributed by atoms with Crippen molar-refractivity contribution < 1.29 is 4.74 Å². The molecule has 0 radical (unpaired) electrons. The van der Waals surface area contributed by atoms with Gasteiger partial charge in [0.25, 0.3) is 0 Å². The number of nitrogens with two attached hydrogens (primary N) is 1. The Labute approximate surface area is 110 Å². The standard InChI is InChI=1S/C15H24N2O/c1-12-6-4-3-5-7-17(12)11-13-8-14(16)10-15(9-13)18-2/h8-10,12H,3-7,11,16H2,1-2H3. The second-order valence-electron chi connectivity index (χ2n) is 5.28. The van der Waals surface area contributed by atoms with Gasteiger partial charge in [0.15, 0.2) is 0 Å². The van der Waals surface area contributed by atoms with E-state index in [2.05, 4.69) is 24.0 Å². The van der Waals surface area contributed by atoms with E-state index in [-0.39, 0.29) is 0 Å². The smallest absolute Gasteiger partial charge is 0.121 e. The summed E-state index contributed by atoms with van der Waals surface area (Å²) in [6, 6.07) is 6.68. The number of ether oxygens (including phenoxy) is 1. The third-order valence-corrected chi connectivity index (χ3v) is 3.80. The molecule has 1 aliphatic heterocycles. The average Bonchev–Trinajstić information content (AvgIpc) is 2.54. The Morgan fingerprint density at radius 1 is 1.28 bits per heavy atom. The molecule has 1 saturated heterocycles. The largest absolute Gasteiger partial charge is 0.497 e. The van der Waals surface area contributed by atoms with E-state index in [1.54, 1.807) is 7.11 Å². The van der Waals surface area contributed by atoms with Crippen molar-refractivity contribution in [1.82, 2.24) is 4.90 Å². The number of nitrogen functional groups attached to an aromatic ring is 1. The van der Waals surface area contributed by atoms with E-state index < -0.39 is 0 Å². The van der Waals surface area contributed by atoms with E-state index in [9.17, 15) is 0 Å². The molecule has 2 rings (SSSR count). The van der Waals surface area contributed by atoms with Crippen LogP contribution in [0.2, 0.25) is 0 Å². The van der Waals surface area contributed by atoms with Gasteiger partial charge in [-0.1, -0.05) is 12.8 Å². The maximum absolute atomic E-state index is 5.91. The van der Waals surface area contributed by atoms with Gasteiger partial charge in [-0.25, -0.2) is 0 Å². The maximum Gasteiger partial charge on any atom is 0.121 e. The number of likely N-dealkylation sites (tertiary alicyclic amines) is 1. The first-order chi connectivity index (χ1) is 8.69. The molecule has 0 aromatic heterocycles. The number of benzene rings is 1. The van der Waals surface area contributed by atoms with Gasteiger partial charge in [0.2, 0.25) is 0 Å². The van der Waals surface area contributed by atoms with Gasteiger partial charge in [-0.05, 0) is 44.0 Å². The molecular weight excluding hydrogens is 224 g/mol. The van der Waals surface area contributed by atoms with E-state index >= 15 is 0 Å². The van der Waals surface area contributed by atoms with E-state index in [1.807, 2.05) is 6.07 Å². The zero-order chi connectivity index (χ0) is 13.0. The SMILES string of the molecule is COc1cc(N)cc(CN2CCCCCC2C)c1. The number of hydrogen-bond acceptors (Lipinski definition) is 3. The van der Waals surface area contributed by atoms with Crippen molar-refractivity contribution in [3.8, 4) is 5.75 Å². The van der Waals surface area contributed by atoms with Gasteiger partial charge < -0.3 is 10.5 Å². The van der Waals surface area contributed by atoms with Crippen molar-refractivity contribution in [1.29, 1.82) is 0 Å². The molecule has 2 N–H and O–H groups in total. The second kappa shape index (κ2) is 6.10. The Kier molecular flexibility index (Phi) is 4.48. The Morgan fingerprint density at radius 2 is 2.11 bits per heavy atom. The molecule has 3 nitrogen and oxygen atoms in total. The fourth-order valence-electron chi connectivity index (χ4n) is 2.70. The van der Waals surface area contributed by atoms with Crippen LogP contribution in [-0.4, -0.2) is 24.6 Å². The summed E-state index contributed by atoms with van der Waals surface area (Å²) >= 11 is 0. The molecule has 3 heteroatoms. The van der Waals surface area contributed by atoms with Crippen molar-refractivity contribution in [3.05, 3.63) is 23.8 Å². The van der Waals surface area contributed by atoms with Crippen LogP contribution in [0.5, 0.6) is 5.75 Å². The topological polar surface area (TPSA) is 38.5 Å². The summed E-state index contributed by atoms with van der Waals surface area (Å²) in [6.07, 6.45) is 5.34. The van der Waals surface area contributed by atoms with Crippen LogP contribution in [0.15, 0.2) is 18.2 Å². The minimum absolute atomic E-state index is 0.667. The highest BCUT2D eigenvalue weighted by molar-refractivity contribution is 5.47. The van der Waals surface area contributed by atoms with Crippen molar-refractivity contribution in [2.24, 2.45) is 0 Å². The van der Waals surface area contributed by atoms with Gasteiger partial charge in [0.1, 0.15) is 5.75 Å². The average molecular weight is 248 g/mol. The molecule has 0 bridgehead atoms. The molecular formula is C15H24N2O. The highest BCUT2D eigenvalue weighted by atomic mass is 16.5. The Balaban J connectivity index is 2.09. The fourth-order valence-corrected chi connectivity index (χ4v) is 2.70. The second-order valence-corrected chi connectivity index (χ2v) is 5.28. The molecule has 1 fully saturated rings. The zero-order valence-corrected chi connectivity index (χ0v) is 11.5. The molecule has 1 aromatic carbocycles. The quantitative estimate of drug-likeness (QED) is 0.836. The maximum atomic E-state index is 5.91. The van der Waals surface area contributed by atoms with Crippen molar-refractivity contribution in [2.45, 2.75) is 45.2 Å². The fraction of sp³-hybridized carbons (Fsp3) is 0.600. The number of anilines is 1. The first-order valence-electron chi connectivity index (χ1n) is 6.86. The van der Waals surface area contributed by atoms with Crippen LogP contribution in [0.25, 0.3) is 0 Å². The van der Waals surface area contributed by atoms with Gasteiger partial charge in [-0.15, -0.1) is 0 Å². The molecule has 0 aliphatic carbocycles. The highest BCUT2D eigenvalue weighted by Gasteiger charge is 2.17. The molecule has 18 heavy (non-hydrogen) atoms. The summed E-state index contributed by atoms with van der Waals surface area (Å²) in [7, 11) is 1.69. The third-order valence-electron chi connectivity index (χ3n) is 3.80. The minimum atomic E-state index is 0.667. The van der Waals surface area contributed by atoms with Crippen LogP contribution in [-0.2, 0) is 6.54 Å². The molecule has 1 atom stereocenters. The van der Waals surface area contributed by atoms with E-state index in [0.29, 0.717) is 6.04 Å². The number of hydrogen-bond donors (Lipinski definition) is 1. The Hall–Kier alpha value is -1.22. The molecule has 100 valence electrons. The van der Waals surface area contributed by atoms with Crippen LogP contribution in [0.3, 0.4) is 0 Å². The molecule has 1 unspecified atom stereocenters. The number of nitrogens with zero attached hydrogens (tertiary/aromatic N) is 1. The highest BCUT2D eigenvalue weighted by Crippen LogP contribution is 2.23. The number of rotatable bonds is 3. The summed E-state index contributed by atoms with van der Waals surface area (Å²) in [4.78, 5) is 2.56. The molecule has 1 heterocycles. The van der Waals surface area contributed by atoms with Crippen LogP contribution in [0, 0.1) is 0 Å². The Bertz CT molecular complexity index is 392. The molecule has 1 aliphatic rings. The minimum Gasteiger partial charge on any atom is -0.497 e. The van der Waals surface area contributed by atoms with Gasteiger partial charge in [-0.3, -0.25) is 4.90 Å². The van der Waals surface area contributed by atoms with Crippen LogP contribution in [0.4, 0.5) is 5.69 Å². The van der Waals surface area contributed by atoms with Crippen LogP contribution >= 0.6 is 0 Å². The van der Waals surface area contributed by atoms with Crippen molar-refractivity contribution >= 4 is 5.69 Å². The Morgan fingerprint density at radius 3 is 2.89 bits per heavy atom. The summed E-state index contributed by atoms with van der Waals surface area (Å²) < 4.78 is 5.28. The van der Waals surface area contributed by atoms with Gasteiger partial charge in [0, 0.05) is 24.3 Å². The lowest BCUT2D eigenvalue weighted by Crippen LogP contribution is -2.31. The van der Waals surface area contributed by atoms with Gasteiger partial charge in [0.05, 0.1) is 7.11 Å². The normalized spacial score (nSPS) is 21.6. The molecule has 0 saturated carbocycles. The van der Waals surface area contributed by atoms with Crippen LogP contribution < -0.4 is 10.5 Å². The first kappa shape index (κ1) is 13.2. The van der Waals surface area contributed by atoms with Crippen molar-refractivity contribution in [3.63, 3.8) is 0 Å². The summed E-state index contributed by atoms with van der Waals surface area (Å²) in [5.41, 5.74) is 7.94. The van der Waals surface area contributed by atoms with E-state index in [0.717, 1.165) is 18.0 Å². The summed E-state index contributed by atoms with van der Waals surface area (Å²) in [6.45, 7) is 4.50. The predicted octanol–water partition coefficient (Wildman–Crippen LogP) is 3.04. The third kappa shape index (κ3) is 3.39. The van der Waals surface area contributed by atoms with E-state index in [1.165, 1.54) is 37.8 Å². The summed E-state index contributed by atoms with van der Waals surface area (Å²) in [5, 5.41) is 0. The lowest BCUT2D eigenvalue weighted by molar-refractivity contribution is 0.204. The van der Waals surface area contributed by atoms with E-state index in [4.69, 9.17) is 10.5 Å². The zero-order valence-electron chi connectivity index (χ0n) is 11.5. The molecule has 1 aromatic rings.